The molecule has 2 aliphatic heterocycles. The normalized spacial score (nSPS) is 44.7. The molecule has 4 saturated carbocycles. The topological polar surface area (TPSA) is 38.8 Å². The van der Waals surface area contributed by atoms with E-state index in [9.17, 15) is 4.79 Å². The van der Waals surface area contributed by atoms with E-state index < -0.39 is 0 Å². The van der Waals surface area contributed by atoms with Gasteiger partial charge in [-0.1, -0.05) is 0 Å². The summed E-state index contributed by atoms with van der Waals surface area (Å²) in [6, 6.07) is 0. The lowest BCUT2D eigenvalue weighted by atomic mass is 9.49. The predicted molar refractivity (Wildman–Crippen MR) is 85.7 cm³/mol. The van der Waals surface area contributed by atoms with E-state index >= 15 is 0 Å². The Morgan fingerprint density at radius 1 is 0.870 bits per heavy atom. The fourth-order valence-corrected chi connectivity index (χ4v) is 6.66. The highest BCUT2D eigenvalue weighted by Crippen LogP contribution is 2.60. The molecule has 6 rings (SSSR count). The SMILES string of the molecule is O=C(N1CCC2(CC1)OCCCO2)C12CC3CC(CC(C3)C1)C2. The van der Waals surface area contributed by atoms with Crippen LogP contribution in [0.2, 0.25) is 0 Å². The third kappa shape index (κ3) is 2.36. The first-order chi connectivity index (χ1) is 11.2. The van der Waals surface area contributed by atoms with Crippen molar-refractivity contribution in [1.82, 2.24) is 4.90 Å². The minimum absolute atomic E-state index is 0.00747. The second kappa shape index (κ2) is 5.19. The van der Waals surface area contributed by atoms with Crippen molar-refractivity contribution < 1.29 is 14.3 Å². The van der Waals surface area contributed by atoms with E-state index in [1.54, 1.807) is 0 Å². The summed E-state index contributed by atoms with van der Waals surface area (Å²) in [7, 11) is 0. The van der Waals surface area contributed by atoms with Crippen molar-refractivity contribution in [2.24, 2.45) is 23.2 Å². The summed E-state index contributed by atoms with van der Waals surface area (Å²) in [4.78, 5) is 15.5. The molecule has 6 aliphatic rings. The van der Waals surface area contributed by atoms with Crippen molar-refractivity contribution in [2.45, 2.75) is 63.6 Å². The molecule has 4 bridgehead atoms. The highest BCUT2D eigenvalue weighted by atomic mass is 16.7. The number of piperidine rings is 1. The maximum atomic E-state index is 13.4. The second-order valence-electron chi connectivity index (χ2n) is 8.95. The predicted octanol–water partition coefficient (Wildman–Crippen LogP) is 2.96. The van der Waals surface area contributed by atoms with Gasteiger partial charge in [0.2, 0.25) is 5.91 Å². The van der Waals surface area contributed by atoms with Gasteiger partial charge in [0.05, 0.1) is 18.6 Å². The minimum Gasteiger partial charge on any atom is -0.350 e. The van der Waals surface area contributed by atoms with Crippen LogP contribution in [0, 0.1) is 23.2 Å². The molecule has 128 valence electrons. The van der Waals surface area contributed by atoms with Crippen LogP contribution in [-0.2, 0) is 14.3 Å². The number of rotatable bonds is 1. The molecule has 2 saturated heterocycles. The Morgan fingerprint density at radius 3 is 1.91 bits per heavy atom. The van der Waals surface area contributed by atoms with Gasteiger partial charge in [-0.15, -0.1) is 0 Å². The maximum Gasteiger partial charge on any atom is 0.228 e. The summed E-state index contributed by atoms with van der Waals surface area (Å²) in [6.45, 7) is 3.26. The van der Waals surface area contributed by atoms with Gasteiger partial charge in [-0.25, -0.2) is 0 Å². The molecule has 1 spiro atoms. The van der Waals surface area contributed by atoms with Crippen molar-refractivity contribution in [1.29, 1.82) is 0 Å². The van der Waals surface area contributed by atoms with E-state index in [4.69, 9.17) is 9.47 Å². The Hall–Kier alpha value is -0.610. The maximum absolute atomic E-state index is 13.4. The lowest BCUT2D eigenvalue weighted by Crippen LogP contribution is -2.58. The Labute approximate surface area is 138 Å². The number of amides is 1. The van der Waals surface area contributed by atoms with Gasteiger partial charge < -0.3 is 14.4 Å². The van der Waals surface area contributed by atoms with Gasteiger partial charge in [0, 0.05) is 25.9 Å². The van der Waals surface area contributed by atoms with E-state index in [2.05, 4.69) is 4.90 Å². The molecule has 4 aliphatic carbocycles. The van der Waals surface area contributed by atoms with Crippen LogP contribution in [-0.4, -0.2) is 42.9 Å². The summed E-state index contributed by atoms with van der Waals surface area (Å²) < 4.78 is 11.8. The molecule has 1 amide bonds. The van der Waals surface area contributed by atoms with Crippen LogP contribution in [0.15, 0.2) is 0 Å². The minimum atomic E-state index is -0.378. The molecule has 0 atom stereocenters. The van der Waals surface area contributed by atoms with Gasteiger partial charge in [-0.3, -0.25) is 4.79 Å². The average molecular weight is 319 g/mol. The van der Waals surface area contributed by atoms with Gasteiger partial charge in [0.15, 0.2) is 5.79 Å². The molecule has 4 heteroatoms. The average Bonchev–Trinajstić information content (AvgIpc) is 2.54. The smallest absolute Gasteiger partial charge is 0.228 e. The number of nitrogens with zero attached hydrogens (tertiary/aromatic N) is 1. The van der Waals surface area contributed by atoms with Crippen LogP contribution in [0.1, 0.15) is 57.8 Å². The Balaban J connectivity index is 1.28. The molecule has 0 unspecified atom stereocenters. The number of carbonyl (C=O) groups excluding carboxylic acids is 1. The number of likely N-dealkylation sites (tertiary alicyclic amines) is 1. The van der Waals surface area contributed by atoms with Crippen LogP contribution < -0.4 is 0 Å². The molecule has 0 radical (unpaired) electrons. The molecule has 0 aromatic rings. The van der Waals surface area contributed by atoms with Crippen LogP contribution in [0.5, 0.6) is 0 Å². The summed E-state index contributed by atoms with van der Waals surface area (Å²) in [5, 5.41) is 0. The lowest BCUT2D eigenvalue weighted by molar-refractivity contribution is -0.283. The largest absolute Gasteiger partial charge is 0.350 e. The summed E-state index contributed by atoms with van der Waals surface area (Å²) in [6.07, 6.45) is 10.4. The Morgan fingerprint density at radius 2 is 1.39 bits per heavy atom. The summed E-state index contributed by atoms with van der Waals surface area (Å²) >= 11 is 0. The van der Waals surface area contributed by atoms with Gasteiger partial charge in [0.25, 0.3) is 0 Å². The van der Waals surface area contributed by atoms with Crippen LogP contribution in [0.4, 0.5) is 0 Å². The van der Waals surface area contributed by atoms with Crippen LogP contribution >= 0.6 is 0 Å². The molecular formula is C19H29NO3. The first-order valence-corrected chi connectivity index (χ1v) is 9.74. The second-order valence-corrected chi connectivity index (χ2v) is 8.95. The van der Waals surface area contributed by atoms with Crippen molar-refractivity contribution in [2.75, 3.05) is 26.3 Å². The molecule has 23 heavy (non-hydrogen) atoms. The zero-order valence-corrected chi connectivity index (χ0v) is 14.1. The lowest BCUT2D eigenvalue weighted by Gasteiger charge is -2.57. The monoisotopic (exact) mass is 319 g/mol. The first kappa shape index (κ1) is 14.7. The number of hydrogen-bond donors (Lipinski definition) is 0. The van der Waals surface area contributed by atoms with Crippen molar-refractivity contribution in [3.8, 4) is 0 Å². The summed E-state index contributed by atoms with van der Waals surface area (Å²) in [5.41, 5.74) is 0.00747. The van der Waals surface area contributed by atoms with E-state index in [0.717, 1.165) is 63.3 Å². The number of ether oxygens (including phenoxy) is 2. The molecule has 2 heterocycles. The standard InChI is InChI=1S/C19H29NO3/c21-17(18-11-14-8-15(12-18)10-16(9-14)13-18)20-4-2-19(3-5-20)22-6-1-7-23-19/h14-16H,1-13H2. The van der Waals surface area contributed by atoms with Crippen molar-refractivity contribution >= 4 is 5.91 Å². The third-order valence-electron chi connectivity index (χ3n) is 7.32. The molecule has 0 aromatic heterocycles. The Kier molecular flexibility index (Phi) is 3.32. The first-order valence-electron chi connectivity index (χ1n) is 9.74. The van der Waals surface area contributed by atoms with Gasteiger partial charge in [-0.2, -0.15) is 0 Å². The number of hydrogen-bond acceptors (Lipinski definition) is 3. The molecule has 4 nitrogen and oxygen atoms in total. The fourth-order valence-electron chi connectivity index (χ4n) is 6.66. The van der Waals surface area contributed by atoms with E-state index in [0.29, 0.717) is 5.91 Å². The van der Waals surface area contributed by atoms with Crippen LogP contribution in [0.25, 0.3) is 0 Å². The molecule has 0 aromatic carbocycles. The highest BCUT2D eigenvalue weighted by molar-refractivity contribution is 5.83. The zero-order chi connectivity index (χ0) is 15.5. The highest BCUT2D eigenvalue weighted by Gasteiger charge is 2.56. The van der Waals surface area contributed by atoms with Crippen molar-refractivity contribution in [3.05, 3.63) is 0 Å². The van der Waals surface area contributed by atoms with Crippen LogP contribution in [0.3, 0.4) is 0 Å². The number of carbonyl (C=O) groups is 1. The van der Waals surface area contributed by atoms with Gasteiger partial charge in [0.1, 0.15) is 0 Å². The third-order valence-corrected chi connectivity index (χ3v) is 7.32. The zero-order valence-electron chi connectivity index (χ0n) is 14.1. The van der Waals surface area contributed by atoms with E-state index in [1.807, 2.05) is 0 Å². The molecular weight excluding hydrogens is 290 g/mol. The summed E-state index contributed by atoms with van der Waals surface area (Å²) in [5.74, 6) is 2.61. The van der Waals surface area contributed by atoms with E-state index in [-0.39, 0.29) is 11.2 Å². The molecule has 0 N–H and O–H groups in total. The molecule has 6 fully saturated rings. The Bertz CT molecular complexity index is 452. The fraction of sp³-hybridized carbons (Fsp3) is 0.947. The van der Waals surface area contributed by atoms with E-state index in [1.165, 1.54) is 38.5 Å². The van der Waals surface area contributed by atoms with Crippen molar-refractivity contribution in [3.63, 3.8) is 0 Å². The van der Waals surface area contributed by atoms with Gasteiger partial charge >= 0.3 is 0 Å². The quantitative estimate of drug-likeness (QED) is 0.746. The van der Waals surface area contributed by atoms with Gasteiger partial charge in [-0.05, 0) is 62.7 Å².